The predicted molar refractivity (Wildman–Crippen MR) is 485 cm³/mol. The Morgan fingerprint density at radius 3 is 1.15 bits per heavy atom. The third-order valence-electron chi connectivity index (χ3n) is 25.5. The van der Waals surface area contributed by atoms with Crippen molar-refractivity contribution in [2.24, 2.45) is 37.4 Å². The van der Waals surface area contributed by atoms with Crippen LogP contribution in [0.15, 0.2) is 176 Å². The molecule has 21 rings (SSSR count). The van der Waals surface area contributed by atoms with E-state index in [1.54, 1.807) is 137 Å². The largest absolute Gasteiger partial charge is 0.392 e. The highest BCUT2D eigenvalue weighted by Gasteiger charge is 2.36. The average molecular weight is 1740 g/mol. The van der Waals surface area contributed by atoms with Crippen molar-refractivity contribution in [1.29, 1.82) is 0 Å². The van der Waals surface area contributed by atoms with Crippen LogP contribution in [0.4, 0.5) is 34.5 Å². The minimum absolute atomic E-state index is 0.000326. The third kappa shape index (κ3) is 15.2. The van der Waals surface area contributed by atoms with E-state index in [0.717, 1.165) is 80.1 Å². The van der Waals surface area contributed by atoms with Crippen LogP contribution >= 0.6 is 0 Å². The van der Waals surface area contributed by atoms with Gasteiger partial charge in [0.1, 0.15) is 39.4 Å². The molecule has 3 aliphatic heterocycles. The molecule has 0 bridgehead atoms. The molecule has 129 heavy (non-hydrogen) atoms. The first kappa shape index (κ1) is 83.5. The number of carbonyl (C=O) groups is 4. The van der Waals surface area contributed by atoms with E-state index in [1.165, 1.54) is 49.8 Å². The minimum Gasteiger partial charge on any atom is -0.392 e. The predicted octanol–water partition coefficient (Wildman–Crippen LogP) is 8.69. The number of nitrogens with zero attached hydrogens (tertiary/aromatic N) is 20. The summed E-state index contributed by atoms with van der Waals surface area (Å²) < 4.78 is 20.1. The lowest BCUT2D eigenvalue weighted by Gasteiger charge is -2.26. The van der Waals surface area contributed by atoms with Crippen LogP contribution in [0.5, 0.6) is 0 Å². The van der Waals surface area contributed by atoms with Crippen LogP contribution in [0.1, 0.15) is 133 Å². The monoisotopic (exact) mass is 1740 g/mol. The molecule has 18 heterocycles. The summed E-state index contributed by atoms with van der Waals surface area (Å²) in [5.41, 5.74) is 15.9. The van der Waals surface area contributed by atoms with Gasteiger partial charge in [-0.05, 0) is 143 Å². The number of rotatable bonds is 15. The first-order chi connectivity index (χ1) is 61.8. The molecule has 3 aliphatic carbocycles. The number of aliphatic hydroxyl groups is 1. The van der Waals surface area contributed by atoms with Gasteiger partial charge >= 0.3 is 0 Å². The lowest BCUT2D eigenvalue weighted by atomic mass is 9.90. The Kier molecular flexibility index (Phi) is 20.6. The quantitative estimate of drug-likeness (QED) is 0.0599. The van der Waals surface area contributed by atoms with Crippen LogP contribution in [0, 0.1) is 16.2 Å². The summed E-state index contributed by atoms with van der Waals surface area (Å²) in [7, 11) is 4.95. The zero-order valence-corrected chi connectivity index (χ0v) is 73.3. The van der Waals surface area contributed by atoms with Crippen LogP contribution in [-0.2, 0) is 115 Å². The molecule has 35 nitrogen and oxygen atoms in total. The Bertz CT molecular complexity index is 7610. The number of hydrogen-bond donors (Lipinski definition) is 5. The highest BCUT2D eigenvalue weighted by atomic mass is 16.3. The molecule has 658 valence electrons. The van der Waals surface area contributed by atoms with E-state index in [-0.39, 0.29) is 96.5 Å². The molecule has 15 aromatic heterocycles. The maximum atomic E-state index is 13.7. The fourth-order valence-electron chi connectivity index (χ4n) is 19.3. The maximum absolute atomic E-state index is 13.7. The number of aromatic nitrogens is 18. The molecular formula is C94H96N24O11. The number of aldehydes is 2. The number of amides is 2. The Morgan fingerprint density at radius 2 is 0.783 bits per heavy atom. The second-order valence-electron chi connectivity index (χ2n) is 36.7. The second kappa shape index (κ2) is 31.8. The van der Waals surface area contributed by atoms with Crippen molar-refractivity contribution in [3.8, 4) is 50.8 Å². The Hall–Kier alpha value is -15.0. The summed E-state index contributed by atoms with van der Waals surface area (Å²) in [6.45, 7) is 21.6. The number of fused-ring (bicyclic) bond motifs is 12. The molecule has 0 fully saturated rings. The molecule has 0 aromatic carbocycles. The van der Waals surface area contributed by atoms with Crippen molar-refractivity contribution in [1.82, 2.24) is 100 Å². The first-order valence-electron chi connectivity index (χ1n) is 42.9. The highest BCUT2D eigenvalue weighted by Crippen LogP contribution is 2.42. The van der Waals surface area contributed by atoms with Crippen LogP contribution in [0.2, 0.25) is 0 Å². The zero-order chi connectivity index (χ0) is 90.3. The first-order valence-corrected chi connectivity index (χ1v) is 42.9. The zero-order valence-electron chi connectivity index (χ0n) is 73.3. The number of hydrogen-bond acceptors (Lipinski definition) is 21. The summed E-state index contributed by atoms with van der Waals surface area (Å²) in [5.74, 6) is 2.35. The smallest absolute Gasteiger partial charge is 0.280 e. The Labute approximate surface area is 736 Å². The number of nitrogens with one attached hydrogen (secondary N) is 4. The van der Waals surface area contributed by atoms with Crippen LogP contribution in [-0.4, -0.2) is 144 Å². The van der Waals surface area contributed by atoms with E-state index >= 15 is 0 Å². The normalized spacial score (nSPS) is 15.4. The fraction of sp³-hybridized carbons (Fsp3) is 0.319. The molecule has 0 radical (unpaired) electrons. The Morgan fingerprint density at radius 1 is 0.434 bits per heavy atom. The minimum atomic E-state index is -0.367. The number of carbonyl (C=O) groups excluding carboxylic acids is 4. The number of aryl methyl sites for hydroxylation is 3. The van der Waals surface area contributed by atoms with Crippen LogP contribution < -0.4 is 54.6 Å². The molecule has 5 N–H and O–H groups in total. The fourth-order valence-corrected chi connectivity index (χ4v) is 19.3. The van der Waals surface area contributed by atoms with E-state index in [0.29, 0.717) is 149 Å². The van der Waals surface area contributed by atoms with E-state index in [2.05, 4.69) is 93.1 Å². The summed E-state index contributed by atoms with van der Waals surface area (Å²) in [6, 6.07) is 21.7. The summed E-state index contributed by atoms with van der Waals surface area (Å²) in [5, 5.41) is 37.1. The van der Waals surface area contributed by atoms with Crippen LogP contribution in [0.25, 0.3) is 67.4 Å². The number of aliphatic hydroxyl groups excluding tert-OH is 1. The topological polar surface area (TPSA) is 380 Å². The van der Waals surface area contributed by atoms with Crippen molar-refractivity contribution in [2.75, 3.05) is 35.6 Å². The van der Waals surface area contributed by atoms with Gasteiger partial charge in [0.15, 0.2) is 41.7 Å². The van der Waals surface area contributed by atoms with Gasteiger partial charge in [-0.25, -0.2) is 15.0 Å². The van der Waals surface area contributed by atoms with Crippen molar-refractivity contribution in [3.05, 3.63) is 277 Å². The number of anilines is 6. The van der Waals surface area contributed by atoms with Crippen LogP contribution in [0.3, 0.4) is 0 Å². The van der Waals surface area contributed by atoms with E-state index in [4.69, 9.17) is 0 Å². The highest BCUT2D eigenvalue weighted by molar-refractivity contribution is 5.93. The average Bonchev–Trinajstić information content (AvgIpc) is 1.61. The molecule has 35 heteroatoms. The van der Waals surface area contributed by atoms with Gasteiger partial charge in [0.05, 0.1) is 67.5 Å². The van der Waals surface area contributed by atoms with Gasteiger partial charge in [-0.1, -0.05) is 41.5 Å². The van der Waals surface area contributed by atoms with E-state index < -0.39 is 0 Å². The molecule has 0 atom stereocenters. The maximum Gasteiger partial charge on any atom is 0.280 e. The molecule has 0 unspecified atom stereocenters. The van der Waals surface area contributed by atoms with Gasteiger partial charge in [0.25, 0.3) is 33.4 Å². The number of pyridine rings is 6. The molecule has 0 spiro atoms. The summed E-state index contributed by atoms with van der Waals surface area (Å²) in [4.78, 5) is 146. The standard InChI is InChI=1S/C32H34N8O4.C32H32N8O4.C30H30N8O3/c2*1-19(42)37-7-10-40-22(17-37)13-28(35-40)34-25-11-21(16-36(4)30(25)43)23-5-6-33-29(24(23)18-41)39-9-8-38-26(31(39)44)12-20-14-32(2,3)15-27(20)38;1-30(2)13-18-11-24-29(41)37(9-8-36(24)25(18)14-30)27-22(17-39)21(4-5-32-27)19-10-23(28(40)35(3)16-19)33-26-12-20-15-31-6-7-38(20)34-26/h5-6,8-9,11-13,16,41H,7,10,14-15,17-18H2,1-4H3,(H,34,35);5-6,8-9,11-13,16,18H,7,10,14-15,17H2,1-4H3,(H,34,35);4-5,8-12,16-17,31H,6-7,13-15H2,1-3H3,(H,33,34). The third-order valence-corrected chi connectivity index (χ3v) is 25.5. The second-order valence-corrected chi connectivity index (χ2v) is 36.7. The van der Waals surface area contributed by atoms with Gasteiger partial charge < -0.3 is 63.1 Å². The summed E-state index contributed by atoms with van der Waals surface area (Å²) in [6.07, 6.45) is 27.2. The van der Waals surface area contributed by atoms with E-state index in [9.17, 15) is 53.1 Å². The molecule has 0 saturated heterocycles. The van der Waals surface area contributed by atoms with Gasteiger partial charge in [-0.3, -0.25) is 75.7 Å². The van der Waals surface area contributed by atoms with Crippen molar-refractivity contribution in [2.45, 2.75) is 140 Å². The SMILES string of the molecule is CC(=O)N1CCn2nc(Nc3cc(-c4ccnc(-n5ccn6c7c(cc6c5=O)CC(C)(C)C7)c4C=O)cn(C)c3=O)cc2C1.CC(=O)N1CCn2nc(Nc3cc(-c4ccnc(-n5ccn6c7c(cc6c5=O)CC(C)(C)C7)c4CO)cn(C)c3=O)cc2C1.Cn1cc(-c2ccnc(-n3ccn4c5c(cc4c3=O)CC(C)(C)C5)c2C=O)cc(Nc2cc3n(n2)CCNC3)c1=O. The van der Waals surface area contributed by atoms with Crippen molar-refractivity contribution >= 4 is 75.5 Å². The summed E-state index contributed by atoms with van der Waals surface area (Å²) >= 11 is 0. The molecule has 15 aromatic rings. The van der Waals surface area contributed by atoms with Gasteiger partial charge in [-0.2, -0.15) is 15.3 Å². The van der Waals surface area contributed by atoms with Gasteiger partial charge in [-0.15, -0.1) is 0 Å². The lowest BCUT2D eigenvalue weighted by Crippen LogP contribution is -2.36. The Balaban J connectivity index is 0.000000126. The van der Waals surface area contributed by atoms with Gasteiger partial charge in [0.2, 0.25) is 11.8 Å². The van der Waals surface area contributed by atoms with Crippen molar-refractivity contribution < 1.29 is 24.3 Å². The molecule has 0 saturated carbocycles. The van der Waals surface area contributed by atoms with E-state index in [1.807, 2.05) is 82.2 Å². The molecule has 2 amide bonds. The van der Waals surface area contributed by atoms with Crippen molar-refractivity contribution in [3.63, 3.8) is 0 Å². The molecule has 6 aliphatic rings. The molecular weight excluding hydrogens is 1640 g/mol. The lowest BCUT2D eigenvalue weighted by molar-refractivity contribution is -0.131. The van der Waals surface area contributed by atoms with Gasteiger partial charge in [0, 0.05) is 193 Å².